The molecule has 0 aliphatic carbocycles. The molecule has 0 fully saturated rings. The topological polar surface area (TPSA) is 67.1 Å². The molecule has 0 aliphatic rings. The van der Waals surface area contributed by atoms with Gasteiger partial charge in [0.1, 0.15) is 10.7 Å². The van der Waals surface area contributed by atoms with E-state index in [1.54, 1.807) is 6.07 Å². The Bertz CT molecular complexity index is 459. The molecule has 6 heteroatoms. The van der Waals surface area contributed by atoms with E-state index in [2.05, 4.69) is 41.0 Å². The summed E-state index contributed by atoms with van der Waals surface area (Å²) in [6.45, 7) is 11.8. The molecule has 21 heavy (non-hydrogen) atoms. The lowest BCUT2D eigenvalue weighted by Crippen LogP contribution is -2.26. The lowest BCUT2D eigenvalue weighted by molar-refractivity contribution is 0.295. The highest BCUT2D eigenvalue weighted by molar-refractivity contribution is 7.80. The quantitative estimate of drug-likeness (QED) is 0.683. The number of aromatic nitrogens is 2. The van der Waals surface area contributed by atoms with Crippen LogP contribution >= 0.6 is 12.2 Å². The Morgan fingerprint density at radius 3 is 2.62 bits per heavy atom. The summed E-state index contributed by atoms with van der Waals surface area (Å²) in [5.41, 5.74) is 7.12. The number of nitrogens with two attached hydrogens (primary N) is 1. The Balaban J connectivity index is 2.51. The maximum atomic E-state index is 5.63. The maximum absolute atomic E-state index is 5.63. The third kappa shape index (κ3) is 6.35. The molecule has 0 bridgehead atoms. The summed E-state index contributed by atoms with van der Waals surface area (Å²) in [4.78, 5) is 11.5. The van der Waals surface area contributed by atoms with Gasteiger partial charge in [0.05, 0.1) is 0 Å². The summed E-state index contributed by atoms with van der Waals surface area (Å²) in [6.07, 6.45) is 2.24. The van der Waals surface area contributed by atoms with Crippen LogP contribution in [0.3, 0.4) is 0 Å². The molecule has 1 aromatic rings. The molecule has 0 saturated heterocycles. The van der Waals surface area contributed by atoms with E-state index in [1.807, 2.05) is 6.92 Å². The van der Waals surface area contributed by atoms with Crippen LogP contribution in [0.4, 0.5) is 5.95 Å². The molecule has 0 saturated carbocycles. The fraction of sp³-hybridized carbons (Fsp3) is 0.667. The van der Waals surface area contributed by atoms with Gasteiger partial charge in [0.25, 0.3) is 0 Å². The lowest BCUT2D eigenvalue weighted by atomic mass is 10.2. The Kier molecular flexibility index (Phi) is 7.53. The Hall–Kier alpha value is -1.27. The molecule has 1 heterocycles. The smallest absolute Gasteiger partial charge is 0.223 e. The van der Waals surface area contributed by atoms with Crippen molar-refractivity contribution in [1.29, 1.82) is 0 Å². The van der Waals surface area contributed by atoms with Crippen LogP contribution in [-0.2, 0) is 0 Å². The first kappa shape index (κ1) is 17.8. The fourth-order valence-electron chi connectivity index (χ4n) is 2.21. The van der Waals surface area contributed by atoms with Crippen molar-refractivity contribution >= 4 is 23.2 Å². The average Bonchev–Trinajstić information content (AvgIpc) is 2.43. The van der Waals surface area contributed by atoms with Crippen LogP contribution in [0.25, 0.3) is 0 Å². The molecule has 5 nitrogen and oxygen atoms in total. The van der Waals surface area contributed by atoms with Crippen molar-refractivity contribution in [3.63, 3.8) is 0 Å². The maximum Gasteiger partial charge on any atom is 0.223 e. The molecule has 0 aromatic carbocycles. The number of nitrogens with zero attached hydrogens (tertiary/aromatic N) is 3. The van der Waals surface area contributed by atoms with Crippen molar-refractivity contribution in [2.24, 2.45) is 5.73 Å². The van der Waals surface area contributed by atoms with Gasteiger partial charge in [-0.3, -0.25) is 0 Å². The van der Waals surface area contributed by atoms with E-state index in [-0.39, 0.29) is 0 Å². The molecule has 1 rings (SSSR count). The van der Waals surface area contributed by atoms with Crippen LogP contribution in [0.5, 0.6) is 0 Å². The summed E-state index contributed by atoms with van der Waals surface area (Å²) >= 11 is 4.97. The number of hydrogen-bond acceptors (Lipinski definition) is 5. The molecule has 3 N–H and O–H groups in total. The molecule has 1 atom stereocenters. The van der Waals surface area contributed by atoms with Crippen molar-refractivity contribution < 1.29 is 0 Å². The van der Waals surface area contributed by atoms with Gasteiger partial charge in [-0.05, 0) is 52.4 Å². The largest absolute Gasteiger partial charge is 0.388 e. The first-order valence-corrected chi connectivity index (χ1v) is 8.01. The van der Waals surface area contributed by atoms with E-state index in [0.717, 1.165) is 38.2 Å². The third-order valence-corrected chi connectivity index (χ3v) is 3.70. The number of nitrogens with one attached hydrogen (secondary N) is 1. The van der Waals surface area contributed by atoms with Crippen molar-refractivity contribution in [3.8, 4) is 0 Å². The summed E-state index contributed by atoms with van der Waals surface area (Å²) in [7, 11) is 0. The minimum absolute atomic E-state index is 0.303. The molecular formula is C15H27N5S. The molecule has 1 aromatic heterocycles. The van der Waals surface area contributed by atoms with E-state index in [9.17, 15) is 0 Å². The van der Waals surface area contributed by atoms with E-state index in [4.69, 9.17) is 18.0 Å². The standard InChI is InChI=1S/C15H27N5S/c1-5-20(6-2)9-7-8-11(3)17-15-18-12(4)10-13(19-15)14(16)21/h10-11H,5-9H2,1-4H3,(H2,16,21)(H,17,18,19). The minimum Gasteiger partial charge on any atom is -0.388 e. The Morgan fingerprint density at radius 1 is 1.38 bits per heavy atom. The Labute approximate surface area is 133 Å². The van der Waals surface area contributed by atoms with E-state index >= 15 is 0 Å². The van der Waals surface area contributed by atoms with Gasteiger partial charge in [0, 0.05) is 11.7 Å². The second-order valence-electron chi connectivity index (χ2n) is 5.30. The lowest BCUT2D eigenvalue weighted by Gasteiger charge is -2.20. The van der Waals surface area contributed by atoms with Gasteiger partial charge in [-0.2, -0.15) is 0 Å². The number of aryl methyl sites for hydroxylation is 1. The monoisotopic (exact) mass is 309 g/mol. The highest BCUT2D eigenvalue weighted by atomic mass is 32.1. The van der Waals surface area contributed by atoms with Gasteiger partial charge in [-0.15, -0.1) is 0 Å². The van der Waals surface area contributed by atoms with Crippen LogP contribution in [0.1, 0.15) is 45.0 Å². The van der Waals surface area contributed by atoms with Crippen LogP contribution in [0.2, 0.25) is 0 Å². The van der Waals surface area contributed by atoms with E-state index < -0.39 is 0 Å². The van der Waals surface area contributed by atoms with Crippen LogP contribution in [-0.4, -0.2) is 45.5 Å². The first-order chi connectivity index (χ1) is 9.96. The fourth-order valence-corrected chi connectivity index (χ4v) is 2.32. The van der Waals surface area contributed by atoms with Gasteiger partial charge < -0.3 is 16.0 Å². The summed E-state index contributed by atoms with van der Waals surface area (Å²) in [5.74, 6) is 0.605. The van der Waals surface area contributed by atoms with Gasteiger partial charge >= 0.3 is 0 Å². The zero-order valence-corrected chi connectivity index (χ0v) is 14.3. The second kappa shape index (κ2) is 8.89. The second-order valence-corrected chi connectivity index (χ2v) is 5.74. The van der Waals surface area contributed by atoms with Gasteiger partial charge in [-0.1, -0.05) is 26.1 Å². The van der Waals surface area contributed by atoms with Crippen molar-refractivity contribution in [2.75, 3.05) is 25.0 Å². The normalized spacial score (nSPS) is 12.4. The number of thiocarbonyl (C=S) groups is 1. The van der Waals surface area contributed by atoms with E-state index in [0.29, 0.717) is 22.7 Å². The zero-order chi connectivity index (χ0) is 15.8. The Morgan fingerprint density at radius 2 is 2.05 bits per heavy atom. The van der Waals surface area contributed by atoms with Crippen molar-refractivity contribution in [2.45, 2.75) is 46.6 Å². The third-order valence-electron chi connectivity index (χ3n) is 3.49. The molecule has 0 radical (unpaired) electrons. The van der Waals surface area contributed by atoms with Gasteiger partial charge in [0.15, 0.2) is 0 Å². The van der Waals surface area contributed by atoms with Crippen LogP contribution in [0, 0.1) is 6.92 Å². The van der Waals surface area contributed by atoms with Gasteiger partial charge in [-0.25, -0.2) is 9.97 Å². The van der Waals surface area contributed by atoms with Crippen molar-refractivity contribution in [3.05, 3.63) is 17.5 Å². The number of hydrogen-bond donors (Lipinski definition) is 2. The molecule has 0 amide bonds. The molecule has 1 unspecified atom stereocenters. The number of rotatable bonds is 9. The number of anilines is 1. The highest BCUT2D eigenvalue weighted by Gasteiger charge is 2.08. The SMILES string of the molecule is CCN(CC)CCCC(C)Nc1nc(C)cc(C(N)=S)n1. The predicted molar refractivity (Wildman–Crippen MR) is 92.8 cm³/mol. The minimum atomic E-state index is 0.303. The van der Waals surface area contributed by atoms with E-state index in [1.165, 1.54) is 0 Å². The van der Waals surface area contributed by atoms with Gasteiger partial charge in [0.2, 0.25) is 5.95 Å². The summed E-state index contributed by atoms with van der Waals surface area (Å²) in [6, 6.07) is 2.13. The van der Waals surface area contributed by atoms with Crippen molar-refractivity contribution in [1.82, 2.24) is 14.9 Å². The molecule has 0 spiro atoms. The zero-order valence-electron chi connectivity index (χ0n) is 13.5. The van der Waals surface area contributed by atoms with Crippen LogP contribution in [0.15, 0.2) is 6.07 Å². The molecule has 0 aliphatic heterocycles. The highest BCUT2D eigenvalue weighted by Crippen LogP contribution is 2.09. The molecule has 118 valence electrons. The average molecular weight is 309 g/mol. The van der Waals surface area contributed by atoms with Crippen LogP contribution < -0.4 is 11.1 Å². The summed E-state index contributed by atoms with van der Waals surface area (Å²) < 4.78 is 0. The first-order valence-electron chi connectivity index (χ1n) is 7.60. The molecular weight excluding hydrogens is 282 g/mol. The summed E-state index contributed by atoms with van der Waals surface area (Å²) in [5, 5.41) is 3.33. The predicted octanol–water partition coefficient (Wildman–Crippen LogP) is 2.34.